The molecule has 4 fully saturated rings. The molecule has 1 aliphatic heterocycles. The quantitative estimate of drug-likeness (QED) is 0.157. The van der Waals surface area contributed by atoms with Crippen LogP contribution in [0, 0.1) is 33.0 Å². The smallest absolute Gasteiger partial charge is 0.315 e. The van der Waals surface area contributed by atoms with Gasteiger partial charge in [0.2, 0.25) is 23.5 Å². The van der Waals surface area contributed by atoms with Crippen molar-refractivity contribution in [2.24, 2.45) is 44.5 Å². The number of ketones is 1. The third-order valence-electron chi connectivity index (χ3n) is 12.9. The van der Waals surface area contributed by atoms with Crippen LogP contribution >= 0.6 is 0 Å². The number of carbonyl (C=O) groups is 6. The number of nitrogens with zero attached hydrogens (tertiary/aromatic N) is 1. The summed E-state index contributed by atoms with van der Waals surface area (Å²) in [6.07, 6.45) is 6.91. The second-order valence-electron chi connectivity index (χ2n) is 19.5. The minimum atomic E-state index is -1.09. The molecule has 3 saturated carbocycles. The number of carbonyl (C=O) groups excluding carboxylic acids is 6. The monoisotopic (exact) mass is 715 g/mol. The highest BCUT2D eigenvalue weighted by Gasteiger charge is 2.85. The average Bonchev–Trinajstić information content (AvgIpc) is 3.16. The standard InChI is InChI=1S/C38H65N7O6/c1-33(2,3)25(20-41-26(46)19-35(7,8)40)43-32(51)44-28(34(4,5)6)31(50)45-21-38(36(9,10)37(38)15-12-16-37)18-24(45)30(49)42-23(27(47)29(39)48)17-22-13-11-14-22/h22-25,28H,11-21,40H2,1-10H3,(H2,39,48)(H,41,46)(H,42,49)(H2,43,44,51)/t23?,24-,25?,28+,38+/m0/s1. The Morgan fingerprint density at radius 2 is 1.45 bits per heavy atom. The summed E-state index contributed by atoms with van der Waals surface area (Å²) in [4.78, 5) is 81.8. The zero-order valence-corrected chi connectivity index (χ0v) is 32.7. The normalized spacial score (nSPS) is 25.5. The van der Waals surface area contributed by atoms with Gasteiger partial charge in [-0.1, -0.05) is 81.1 Å². The summed E-state index contributed by atoms with van der Waals surface area (Å²) in [7, 11) is 0. The Hall–Kier alpha value is -3.22. The van der Waals surface area contributed by atoms with Crippen LogP contribution in [0.3, 0.4) is 0 Å². The lowest BCUT2D eigenvalue weighted by Crippen LogP contribution is -2.62. The number of Topliss-reactive ketones (excluding diaryl/α,β-unsaturated/α-hetero) is 1. The Labute approximate surface area is 304 Å². The molecule has 0 aromatic rings. The Balaban J connectivity index is 1.57. The molecule has 0 radical (unpaired) electrons. The summed E-state index contributed by atoms with van der Waals surface area (Å²) in [6, 6.07) is -3.99. The summed E-state index contributed by atoms with van der Waals surface area (Å²) < 4.78 is 0. The van der Waals surface area contributed by atoms with Crippen molar-refractivity contribution in [1.82, 2.24) is 26.2 Å². The molecular formula is C38H65N7O6. The SMILES string of the molecule is CC(C)(N)CC(=O)NCC(NC(=O)N[C@H](C(=O)N1C[C@]2(C[C@H]1C(=O)NC(CC1CCC1)C(=O)C(N)=O)C(C)(C)C21CCC1)C(C)(C)C)C(C)(C)C. The van der Waals surface area contributed by atoms with E-state index in [9.17, 15) is 28.8 Å². The molecule has 2 spiro atoms. The highest BCUT2D eigenvalue weighted by molar-refractivity contribution is 6.37. The maximum Gasteiger partial charge on any atom is 0.315 e. The molecule has 4 aliphatic rings. The van der Waals surface area contributed by atoms with Crippen LogP contribution in [0.1, 0.15) is 127 Å². The van der Waals surface area contributed by atoms with Crippen LogP contribution in [0.2, 0.25) is 0 Å². The molecule has 13 heteroatoms. The van der Waals surface area contributed by atoms with Crippen molar-refractivity contribution in [1.29, 1.82) is 0 Å². The zero-order chi connectivity index (χ0) is 38.5. The van der Waals surface area contributed by atoms with Crippen LogP contribution in [-0.4, -0.2) is 83.1 Å². The van der Waals surface area contributed by atoms with E-state index in [4.69, 9.17) is 11.5 Å². The maximum atomic E-state index is 14.8. The third-order valence-corrected chi connectivity index (χ3v) is 12.9. The van der Waals surface area contributed by atoms with Gasteiger partial charge in [0, 0.05) is 30.5 Å². The van der Waals surface area contributed by atoms with Gasteiger partial charge in [0.15, 0.2) is 0 Å². The van der Waals surface area contributed by atoms with Crippen LogP contribution in [0.25, 0.3) is 0 Å². The fourth-order valence-electron chi connectivity index (χ4n) is 9.21. The van der Waals surface area contributed by atoms with Gasteiger partial charge in [-0.2, -0.15) is 0 Å². The number of likely N-dealkylation sites (tertiary alicyclic amines) is 1. The van der Waals surface area contributed by atoms with Crippen LogP contribution in [0.5, 0.6) is 0 Å². The summed E-state index contributed by atoms with van der Waals surface area (Å²) in [5.74, 6) is -2.78. The fraction of sp³-hybridized carbons (Fsp3) is 0.842. The Bertz CT molecular complexity index is 1400. The number of hydrogen-bond acceptors (Lipinski definition) is 7. The molecule has 13 nitrogen and oxygen atoms in total. The lowest BCUT2D eigenvalue weighted by molar-refractivity contribution is -0.143. The highest BCUT2D eigenvalue weighted by Crippen LogP contribution is 2.88. The topological polar surface area (TPSA) is 206 Å². The number of nitrogens with two attached hydrogens (primary N) is 2. The molecule has 8 N–H and O–H groups in total. The van der Waals surface area contributed by atoms with Gasteiger partial charge >= 0.3 is 6.03 Å². The largest absolute Gasteiger partial charge is 0.363 e. The Morgan fingerprint density at radius 3 is 1.88 bits per heavy atom. The first-order valence-corrected chi connectivity index (χ1v) is 18.8. The summed E-state index contributed by atoms with van der Waals surface area (Å²) in [6.45, 7) is 19.9. The molecule has 2 unspecified atom stereocenters. The van der Waals surface area contributed by atoms with Crippen LogP contribution in [-0.2, 0) is 24.0 Å². The minimum absolute atomic E-state index is 0.0213. The van der Waals surface area contributed by atoms with Crippen LogP contribution < -0.4 is 32.7 Å². The van der Waals surface area contributed by atoms with Crippen molar-refractivity contribution in [2.45, 2.75) is 157 Å². The van der Waals surface area contributed by atoms with Crippen molar-refractivity contribution >= 4 is 35.4 Å². The lowest BCUT2D eigenvalue weighted by Gasteiger charge is -2.37. The van der Waals surface area contributed by atoms with E-state index in [-0.39, 0.29) is 46.9 Å². The fourth-order valence-corrected chi connectivity index (χ4v) is 9.21. The van der Waals surface area contributed by atoms with Gasteiger partial charge in [0.05, 0.1) is 12.1 Å². The first-order chi connectivity index (χ1) is 23.3. The molecular weight excluding hydrogens is 650 g/mol. The second-order valence-corrected chi connectivity index (χ2v) is 19.5. The molecule has 0 bridgehead atoms. The molecule has 0 aromatic carbocycles. The van der Waals surface area contributed by atoms with Gasteiger partial charge in [-0.05, 0) is 67.1 Å². The number of rotatable bonds is 13. The highest BCUT2D eigenvalue weighted by atomic mass is 16.2. The van der Waals surface area contributed by atoms with Gasteiger partial charge < -0.3 is 37.6 Å². The molecule has 1 heterocycles. The molecule has 288 valence electrons. The number of fused-ring (bicyclic) bond motifs is 1. The van der Waals surface area contributed by atoms with Crippen LogP contribution in [0.15, 0.2) is 0 Å². The van der Waals surface area contributed by atoms with E-state index in [1.54, 1.807) is 18.7 Å². The van der Waals surface area contributed by atoms with E-state index in [0.29, 0.717) is 19.4 Å². The Kier molecular flexibility index (Phi) is 11.1. The first-order valence-electron chi connectivity index (χ1n) is 18.8. The van der Waals surface area contributed by atoms with E-state index in [1.807, 2.05) is 41.5 Å². The van der Waals surface area contributed by atoms with E-state index >= 15 is 0 Å². The second kappa shape index (κ2) is 14.0. The average molecular weight is 716 g/mol. The minimum Gasteiger partial charge on any atom is -0.363 e. The van der Waals surface area contributed by atoms with Crippen molar-refractivity contribution < 1.29 is 28.8 Å². The molecule has 51 heavy (non-hydrogen) atoms. The molecule has 5 atom stereocenters. The van der Waals surface area contributed by atoms with E-state index in [0.717, 1.165) is 38.5 Å². The maximum absolute atomic E-state index is 14.8. The van der Waals surface area contributed by atoms with Gasteiger partial charge in [-0.15, -0.1) is 0 Å². The van der Waals surface area contributed by atoms with Gasteiger partial charge in [0.1, 0.15) is 12.1 Å². The third kappa shape index (κ3) is 8.08. The lowest BCUT2D eigenvalue weighted by atomic mass is 9.73. The summed E-state index contributed by atoms with van der Waals surface area (Å²) >= 11 is 0. The predicted molar refractivity (Wildman–Crippen MR) is 195 cm³/mol. The van der Waals surface area contributed by atoms with Gasteiger partial charge in [0.25, 0.3) is 5.91 Å². The number of primary amides is 1. The summed E-state index contributed by atoms with van der Waals surface area (Å²) in [5, 5.41) is 11.6. The van der Waals surface area contributed by atoms with Crippen molar-refractivity contribution in [3.05, 3.63) is 0 Å². The zero-order valence-electron chi connectivity index (χ0n) is 32.7. The van der Waals surface area contributed by atoms with E-state index in [1.165, 1.54) is 0 Å². The van der Waals surface area contributed by atoms with Gasteiger partial charge in [-0.3, -0.25) is 24.0 Å². The molecule has 4 rings (SSSR count). The Morgan fingerprint density at radius 1 is 0.843 bits per heavy atom. The number of urea groups is 1. The summed E-state index contributed by atoms with van der Waals surface area (Å²) in [5.41, 5.74) is 9.18. The number of amides is 6. The van der Waals surface area contributed by atoms with E-state index in [2.05, 4.69) is 35.1 Å². The number of nitrogens with one attached hydrogen (secondary N) is 4. The predicted octanol–water partition coefficient (Wildman–Crippen LogP) is 2.89. The molecule has 1 saturated heterocycles. The van der Waals surface area contributed by atoms with Crippen LogP contribution in [0.4, 0.5) is 4.79 Å². The number of hydrogen-bond donors (Lipinski definition) is 6. The van der Waals surface area contributed by atoms with Gasteiger partial charge in [-0.25, -0.2) is 4.79 Å². The van der Waals surface area contributed by atoms with E-state index < -0.39 is 64.2 Å². The molecule has 6 amide bonds. The molecule has 0 aromatic heterocycles. The van der Waals surface area contributed by atoms with Crippen molar-refractivity contribution in [3.8, 4) is 0 Å². The van der Waals surface area contributed by atoms with Crippen molar-refractivity contribution in [2.75, 3.05) is 13.1 Å². The first kappa shape index (κ1) is 40.5. The van der Waals surface area contributed by atoms with Crippen molar-refractivity contribution in [3.63, 3.8) is 0 Å². The molecule has 3 aliphatic carbocycles.